The van der Waals surface area contributed by atoms with Crippen molar-refractivity contribution in [1.29, 1.82) is 0 Å². The second kappa shape index (κ2) is 6.53. The lowest BCUT2D eigenvalue weighted by molar-refractivity contribution is -0.143. The van der Waals surface area contributed by atoms with Crippen LogP contribution in [-0.4, -0.2) is 17.7 Å². The largest absolute Gasteiger partial charge is 0.372 e. The Kier molecular flexibility index (Phi) is 5.01. The molecule has 0 aliphatic carbocycles. The van der Waals surface area contributed by atoms with Crippen molar-refractivity contribution in [2.75, 3.05) is 11.6 Å². The Morgan fingerprint density at radius 3 is 2.65 bits per heavy atom. The number of nitrogens with zero attached hydrogens (tertiary/aromatic N) is 1. The van der Waals surface area contributed by atoms with Crippen LogP contribution in [0.15, 0.2) is 24.3 Å². The van der Waals surface area contributed by atoms with E-state index in [1.165, 1.54) is 0 Å². The third kappa shape index (κ3) is 4.15. The van der Waals surface area contributed by atoms with Gasteiger partial charge in [0.15, 0.2) is 0 Å². The van der Waals surface area contributed by atoms with Crippen LogP contribution < -0.4 is 11.0 Å². The molecule has 90 valence electrons. The van der Waals surface area contributed by atoms with Crippen molar-refractivity contribution in [3.63, 3.8) is 0 Å². The summed E-state index contributed by atoms with van der Waals surface area (Å²) >= 11 is 0. The van der Waals surface area contributed by atoms with E-state index in [9.17, 15) is 10.0 Å². The molecule has 0 heterocycles. The fourth-order valence-corrected chi connectivity index (χ4v) is 1.30. The molecule has 5 nitrogen and oxygen atoms in total. The SMILES string of the molecule is C#CCCc1ccc(N(O)CC(=O)ON)cc1. The van der Waals surface area contributed by atoms with Gasteiger partial charge in [-0.05, 0) is 24.1 Å². The number of carbonyl (C=O) groups is 1. The summed E-state index contributed by atoms with van der Waals surface area (Å²) in [5, 5.41) is 10.3. The van der Waals surface area contributed by atoms with Crippen LogP contribution in [-0.2, 0) is 16.1 Å². The Hall–Kier alpha value is -2.03. The Morgan fingerprint density at radius 2 is 2.12 bits per heavy atom. The van der Waals surface area contributed by atoms with E-state index < -0.39 is 5.97 Å². The summed E-state index contributed by atoms with van der Waals surface area (Å²) in [5.74, 6) is 6.51. The van der Waals surface area contributed by atoms with Crippen molar-refractivity contribution in [3.8, 4) is 12.3 Å². The predicted molar refractivity (Wildman–Crippen MR) is 63.0 cm³/mol. The van der Waals surface area contributed by atoms with Gasteiger partial charge in [0.05, 0.1) is 5.69 Å². The Bertz CT molecular complexity index is 409. The number of terminal acetylenes is 1. The lowest BCUT2D eigenvalue weighted by Gasteiger charge is -2.15. The number of aryl methyl sites for hydroxylation is 1. The average molecular weight is 234 g/mol. The van der Waals surface area contributed by atoms with E-state index in [2.05, 4.69) is 16.7 Å². The zero-order chi connectivity index (χ0) is 12.7. The van der Waals surface area contributed by atoms with Gasteiger partial charge in [0.1, 0.15) is 6.54 Å². The highest BCUT2D eigenvalue weighted by atomic mass is 16.7. The number of nitrogens with two attached hydrogens (primary N) is 1. The van der Waals surface area contributed by atoms with Crippen LogP contribution in [0.1, 0.15) is 12.0 Å². The molecule has 0 spiro atoms. The number of hydrogen-bond acceptors (Lipinski definition) is 5. The molecule has 1 rings (SSSR count). The molecule has 0 bridgehead atoms. The molecule has 0 unspecified atom stereocenters. The normalized spacial score (nSPS) is 9.47. The van der Waals surface area contributed by atoms with Crippen molar-refractivity contribution in [2.45, 2.75) is 12.8 Å². The van der Waals surface area contributed by atoms with E-state index >= 15 is 0 Å². The third-order valence-electron chi connectivity index (χ3n) is 2.20. The Balaban J connectivity index is 2.61. The van der Waals surface area contributed by atoms with E-state index in [-0.39, 0.29) is 6.54 Å². The fourth-order valence-electron chi connectivity index (χ4n) is 1.30. The molecule has 3 N–H and O–H groups in total. The molecule has 1 aromatic carbocycles. The molecule has 5 heteroatoms. The molecular formula is C12H14N2O3. The summed E-state index contributed by atoms with van der Waals surface area (Å²) in [6.07, 6.45) is 6.62. The molecule has 0 aliphatic rings. The van der Waals surface area contributed by atoms with Crippen molar-refractivity contribution in [1.82, 2.24) is 0 Å². The molecule has 0 atom stereocenters. The molecule has 0 saturated heterocycles. The standard InChI is InChI=1S/C12H14N2O3/c1-2-3-4-10-5-7-11(8-6-10)14(16)9-12(15)17-13/h1,5-8,16H,3-4,9,13H2. The van der Waals surface area contributed by atoms with Gasteiger partial charge in [-0.2, -0.15) is 5.90 Å². The van der Waals surface area contributed by atoms with Crippen LogP contribution in [0, 0.1) is 12.3 Å². The van der Waals surface area contributed by atoms with Gasteiger partial charge in [-0.25, -0.2) is 9.86 Å². The number of carbonyl (C=O) groups excluding carboxylic acids is 1. The number of benzene rings is 1. The Morgan fingerprint density at radius 1 is 1.47 bits per heavy atom. The third-order valence-corrected chi connectivity index (χ3v) is 2.20. The van der Waals surface area contributed by atoms with E-state index in [1.54, 1.807) is 12.1 Å². The summed E-state index contributed by atoms with van der Waals surface area (Å²) in [5.41, 5.74) is 1.56. The summed E-state index contributed by atoms with van der Waals surface area (Å²) in [6, 6.07) is 7.05. The second-order valence-electron chi connectivity index (χ2n) is 3.42. The van der Waals surface area contributed by atoms with E-state index in [0.717, 1.165) is 17.0 Å². The maximum atomic E-state index is 10.8. The highest BCUT2D eigenvalue weighted by molar-refractivity contribution is 5.74. The molecule has 0 aliphatic heterocycles. The zero-order valence-electron chi connectivity index (χ0n) is 9.30. The van der Waals surface area contributed by atoms with Crippen LogP contribution in [0.5, 0.6) is 0 Å². The van der Waals surface area contributed by atoms with Crippen LogP contribution in [0.2, 0.25) is 0 Å². The maximum absolute atomic E-state index is 10.8. The topological polar surface area (TPSA) is 75.8 Å². The smallest absolute Gasteiger partial charge is 0.346 e. The summed E-state index contributed by atoms with van der Waals surface area (Å²) in [6.45, 7) is -0.319. The number of anilines is 1. The minimum atomic E-state index is -0.719. The number of rotatable bonds is 5. The van der Waals surface area contributed by atoms with Crippen LogP contribution in [0.3, 0.4) is 0 Å². The molecule has 17 heavy (non-hydrogen) atoms. The molecule has 0 radical (unpaired) electrons. The van der Waals surface area contributed by atoms with Gasteiger partial charge in [0, 0.05) is 6.42 Å². The highest BCUT2D eigenvalue weighted by Gasteiger charge is 2.09. The van der Waals surface area contributed by atoms with Crippen molar-refractivity contribution < 1.29 is 14.8 Å². The van der Waals surface area contributed by atoms with Gasteiger partial charge in [-0.15, -0.1) is 12.3 Å². The molecule has 0 aromatic heterocycles. The molecule has 0 fully saturated rings. The van der Waals surface area contributed by atoms with E-state index in [1.807, 2.05) is 12.1 Å². The summed E-state index contributed by atoms with van der Waals surface area (Å²) in [7, 11) is 0. The second-order valence-corrected chi connectivity index (χ2v) is 3.42. The summed E-state index contributed by atoms with van der Waals surface area (Å²) in [4.78, 5) is 14.8. The monoisotopic (exact) mass is 234 g/mol. The molecule has 1 aromatic rings. The first-order chi connectivity index (χ1) is 8.17. The van der Waals surface area contributed by atoms with Gasteiger partial charge in [0.2, 0.25) is 0 Å². The first-order valence-electron chi connectivity index (χ1n) is 5.05. The minimum absolute atomic E-state index is 0.319. The number of hydroxylamine groups is 1. The van der Waals surface area contributed by atoms with Crippen LogP contribution in [0.4, 0.5) is 5.69 Å². The maximum Gasteiger partial charge on any atom is 0.346 e. The fraction of sp³-hybridized carbons (Fsp3) is 0.250. The van der Waals surface area contributed by atoms with Gasteiger partial charge in [-0.3, -0.25) is 5.21 Å². The van der Waals surface area contributed by atoms with E-state index in [0.29, 0.717) is 12.1 Å². The number of hydrogen-bond donors (Lipinski definition) is 2. The highest BCUT2D eigenvalue weighted by Crippen LogP contribution is 2.14. The van der Waals surface area contributed by atoms with Crippen molar-refractivity contribution >= 4 is 11.7 Å². The zero-order valence-corrected chi connectivity index (χ0v) is 9.30. The summed E-state index contributed by atoms with van der Waals surface area (Å²) < 4.78 is 0. The quantitative estimate of drug-likeness (QED) is 0.584. The minimum Gasteiger partial charge on any atom is -0.372 e. The van der Waals surface area contributed by atoms with Crippen LogP contribution in [0.25, 0.3) is 0 Å². The molecule has 0 amide bonds. The van der Waals surface area contributed by atoms with Crippen LogP contribution >= 0.6 is 0 Å². The lowest BCUT2D eigenvalue weighted by Crippen LogP contribution is -2.29. The molecular weight excluding hydrogens is 220 g/mol. The average Bonchev–Trinajstić information content (AvgIpc) is 2.36. The van der Waals surface area contributed by atoms with Gasteiger partial charge < -0.3 is 4.84 Å². The van der Waals surface area contributed by atoms with Gasteiger partial charge in [0.25, 0.3) is 0 Å². The van der Waals surface area contributed by atoms with Gasteiger partial charge in [-0.1, -0.05) is 12.1 Å². The van der Waals surface area contributed by atoms with Gasteiger partial charge >= 0.3 is 5.97 Å². The Labute approximate surface area is 99.7 Å². The molecule has 0 saturated carbocycles. The van der Waals surface area contributed by atoms with E-state index in [4.69, 9.17) is 6.42 Å². The van der Waals surface area contributed by atoms with Crippen molar-refractivity contribution in [3.05, 3.63) is 29.8 Å². The first-order valence-corrected chi connectivity index (χ1v) is 5.05. The van der Waals surface area contributed by atoms with Crippen molar-refractivity contribution in [2.24, 2.45) is 5.90 Å². The first kappa shape index (κ1) is 13.0. The predicted octanol–water partition coefficient (Wildman–Crippen LogP) is 0.865. The lowest BCUT2D eigenvalue weighted by atomic mass is 10.1.